The summed E-state index contributed by atoms with van der Waals surface area (Å²) in [6.45, 7) is 5.92. The van der Waals surface area contributed by atoms with Crippen molar-refractivity contribution < 1.29 is 0 Å². The Morgan fingerprint density at radius 1 is 1.33 bits per heavy atom. The van der Waals surface area contributed by atoms with E-state index in [1.54, 1.807) is 6.21 Å². The lowest BCUT2D eigenvalue weighted by atomic mass is 10.3. The summed E-state index contributed by atoms with van der Waals surface area (Å²) in [5, 5.41) is 0. The first-order valence-corrected chi connectivity index (χ1v) is 3.08. The number of rotatable bonds is 2. The molecule has 50 valence electrons. The van der Waals surface area contributed by atoms with Gasteiger partial charge >= 0.3 is 0 Å². The fraction of sp³-hybridized carbons (Fsp3) is 0.375. The second kappa shape index (κ2) is 5.29. The molecule has 0 unspecified atom stereocenters. The summed E-state index contributed by atoms with van der Waals surface area (Å²) >= 11 is 0. The van der Waals surface area contributed by atoms with Gasteiger partial charge < -0.3 is 0 Å². The van der Waals surface area contributed by atoms with Crippen LogP contribution in [0.2, 0.25) is 0 Å². The van der Waals surface area contributed by atoms with E-state index in [1.165, 1.54) is 5.57 Å². The second-order valence-electron chi connectivity index (χ2n) is 1.78. The van der Waals surface area contributed by atoms with Crippen molar-refractivity contribution in [2.24, 2.45) is 4.99 Å². The summed E-state index contributed by atoms with van der Waals surface area (Å²) in [5.41, 5.74) is 1.18. The van der Waals surface area contributed by atoms with Crippen molar-refractivity contribution >= 4 is 6.21 Å². The average Bonchev–Trinajstić information content (AvgIpc) is 1.85. The normalized spacial score (nSPS) is 13.9. The van der Waals surface area contributed by atoms with Crippen LogP contribution in [0.4, 0.5) is 0 Å². The Hall–Kier alpha value is -0.850. The Labute approximate surface area is 56.8 Å². The fourth-order valence-corrected chi connectivity index (χ4v) is 0.498. The molecule has 0 saturated heterocycles. The van der Waals surface area contributed by atoms with E-state index in [4.69, 9.17) is 0 Å². The maximum atomic E-state index is 3.95. The van der Waals surface area contributed by atoms with Gasteiger partial charge in [-0.1, -0.05) is 12.2 Å². The van der Waals surface area contributed by atoms with Crippen LogP contribution in [0.1, 0.15) is 20.8 Å². The standard InChI is InChI=1S/C8H13N/c1-4-6-8(3)7-9-5-2/h4-7H,1-3H3/b6-4+,8-7+,9-5?. The molecule has 0 aliphatic rings. The monoisotopic (exact) mass is 123 g/mol. The lowest BCUT2D eigenvalue weighted by Gasteiger charge is -1.83. The van der Waals surface area contributed by atoms with Crippen molar-refractivity contribution in [1.82, 2.24) is 0 Å². The Morgan fingerprint density at radius 2 is 2.00 bits per heavy atom. The molecule has 0 N–H and O–H groups in total. The van der Waals surface area contributed by atoms with Crippen molar-refractivity contribution in [3.05, 3.63) is 23.9 Å². The topological polar surface area (TPSA) is 12.4 Å². The van der Waals surface area contributed by atoms with Crippen molar-refractivity contribution in [3.8, 4) is 0 Å². The van der Waals surface area contributed by atoms with Gasteiger partial charge in [-0.3, -0.25) is 4.99 Å². The predicted molar refractivity (Wildman–Crippen MR) is 42.7 cm³/mol. The van der Waals surface area contributed by atoms with Gasteiger partial charge in [-0.2, -0.15) is 0 Å². The van der Waals surface area contributed by atoms with Gasteiger partial charge in [0.2, 0.25) is 0 Å². The van der Waals surface area contributed by atoms with Crippen LogP contribution in [0.15, 0.2) is 28.9 Å². The molecule has 0 aliphatic carbocycles. The Morgan fingerprint density at radius 3 is 2.44 bits per heavy atom. The van der Waals surface area contributed by atoms with Crippen molar-refractivity contribution in [3.63, 3.8) is 0 Å². The van der Waals surface area contributed by atoms with Crippen LogP contribution in [0.3, 0.4) is 0 Å². The summed E-state index contributed by atoms with van der Waals surface area (Å²) in [5.74, 6) is 0. The summed E-state index contributed by atoms with van der Waals surface area (Å²) in [7, 11) is 0. The zero-order valence-corrected chi connectivity index (χ0v) is 6.26. The molecule has 0 amide bonds. The molecule has 0 atom stereocenters. The molecule has 0 fully saturated rings. The maximum absolute atomic E-state index is 3.95. The molecule has 0 aromatic rings. The molecule has 0 aromatic heterocycles. The van der Waals surface area contributed by atoms with E-state index in [0.29, 0.717) is 0 Å². The van der Waals surface area contributed by atoms with Gasteiger partial charge in [0, 0.05) is 12.4 Å². The predicted octanol–water partition coefficient (Wildman–Crippen LogP) is 2.56. The first-order valence-electron chi connectivity index (χ1n) is 3.08. The van der Waals surface area contributed by atoms with Crippen molar-refractivity contribution in [2.45, 2.75) is 20.8 Å². The van der Waals surface area contributed by atoms with E-state index in [9.17, 15) is 0 Å². The third-order valence-electron chi connectivity index (χ3n) is 0.857. The first-order chi connectivity index (χ1) is 4.31. The van der Waals surface area contributed by atoms with Gasteiger partial charge in [0.1, 0.15) is 0 Å². The summed E-state index contributed by atoms with van der Waals surface area (Å²) in [6.07, 6.45) is 7.62. The molecule has 1 nitrogen and oxygen atoms in total. The van der Waals surface area contributed by atoms with Crippen molar-refractivity contribution in [2.75, 3.05) is 0 Å². The highest BCUT2D eigenvalue weighted by Crippen LogP contribution is 1.93. The molecular weight excluding hydrogens is 110 g/mol. The van der Waals surface area contributed by atoms with Crippen LogP contribution >= 0.6 is 0 Å². The summed E-state index contributed by atoms with van der Waals surface area (Å²) in [4.78, 5) is 3.95. The maximum Gasteiger partial charge on any atom is 0.0292 e. The molecule has 0 aliphatic heterocycles. The zero-order chi connectivity index (χ0) is 7.11. The van der Waals surface area contributed by atoms with E-state index in [0.717, 1.165) is 0 Å². The zero-order valence-electron chi connectivity index (χ0n) is 6.26. The van der Waals surface area contributed by atoms with Crippen LogP contribution in [0.5, 0.6) is 0 Å². The van der Waals surface area contributed by atoms with Crippen LogP contribution in [0, 0.1) is 0 Å². The summed E-state index contributed by atoms with van der Waals surface area (Å²) < 4.78 is 0. The minimum atomic E-state index is 1.18. The van der Waals surface area contributed by atoms with Gasteiger partial charge in [-0.05, 0) is 26.3 Å². The molecule has 0 bridgehead atoms. The van der Waals surface area contributed by atoms with E-state index >= 15 is 0 Å². The van der Waals surface area contributed by atoms with Crippen molar-refractivity contribution in [1.29, 1.82) is 0 Å². The number of aliphatic imine (C=N–C) groups is 1. The highest BCUT2D eigenvalue weighted by atomic mass is 14.7. The Kier molecular flexibility index (Phi) is 4.79. The molecule has 0 spiro atoms. The third kappa shape index (κ3) is 5.01. The van der Waals surface area contributed by atoms with Crippen LogP contribution < -0.4 is 0 Å². The lowest BCUT2D eigenvalue weighted by Crippen LogP contribution is -1.64. The van der Waals surface area contributed by atoms with Crippen LogP contribution in [-0.4, -0.2) is 6.21 Å². The van der Waals surface area contributed by atoms with Gasteiger partial charge in [0.25, 0.3) is 0 Å². The highest BCUT2D eigenvalue weighted by Gasteiger charge is 1.73. The first kappa shape index (κ1) is 8.15. The molecule has 1 heteroatoms. The number of nitrogens with zero attached hydrogens (tertiary/aromatic N) is 1. The van der Waals surface area contributed by atoms with Gasteiger partial charge in [-0.25, -0.2) is 0 Å². The molecule has 9 heavy (non-hydrogen) atoms. The van der Waals surface area contributed by atoms with Gasteiger partial charge in [-0.15, -0.1) is 0 Å². The molecule has 0 radical (unpaired) electrons. The lowest BCUT2D eigenvalue weighted by molar-refractivity contribution is 1.42. The molecule has 0 heterocycles. The number of allylic oxidation sites excluding steroid dienone is 3. The minimum Gasteiger partial charge on any atom is -0.269 e. The summed E-state index contributed by atoms with van der Waals surface area (Å²) in [6, 6.07) is 0. The number of hydrogen-bond acceptors (Lipinski definition) is 1. The highest BCUT2D eigenvalue weighted by molar-refractivity contribution is 5.54. The quantitative estimate of drug-likeness (QED) is 0.395. The number of hydrogen-bond donors (Lipinski definition) is 0. The minimum absolute atomic E-state index is 1.18. The fourth-order valence-electron chi connectivity index (χ4n) is 0.498. The third-order valence-corrected chi connectivity index (χ3v) is 0.857. The van der Waals surface area contributed by atoms with E-state index in [2.05, 4.69) is 4.99 Å². The SMILES string of the molecule is CC=N/C=C(C)/C=C/C. The molecular formula is C8H13N. The molecule has 0 saturated carbocycles. The van der Waals surface area contributed by atoms with E-state index < -0.39 is 0 Å². The van der Waals surface area contributed by atoms with Crippen LogP contribution in [0.25, 0.3) is 0 Å². The average molecular weight is 123 g/mol. The largest absolute Gasteiger partial charge is 0.269 e. The molecule has 0 aromatic carbocycles. The van der Waals surface area contributed by atoms with E-state index in [1.807, 2.05) is 39.1 Å². The Bertz CT molecular complexity index is 141. The molecule has 0 rings (SSSR count). The van der Waals surface area contributed by atoms with E-state index in [-0.39, 0.29) is 0 Å². The second-order valence-corrected chi connectivity index (χ2v) is 1.78. The Balaban J connectivity index is 3.84. The smallest absolute Gasteiger partial charge is 0.0292 e. The van der Waals surface area contributed by atoms with Gasteiger partial charge in [0.05, 0.1) is 0 Å². The van der Waals surface area contributed by atoms with Gasteiger partial charge in [0.15, 0.2) is 0 Å². The van der Waals surface area contributed by atoms with Crippen LogP contribution in [-0.2, 0) is 0 Å².